The molecule has 0 aliphatic carbocycles. The van der Waals surface area contributed by atoms with E-state index in [1.165, 1.54) is 33.5 Å². The van der Waals surface area contributed by atoms with Crippen LogP contribution in [0.1, 0.15) is 27.6 Å². The summed E-state index contributed by atoms with van der Waals surface area (Å²) < 4.78 is 21.7. The smallest absolute Gasteiger partial charge is 0.269 e. The van der Waals surface area contributed by atoms with E-state index in [1.807, 2.05) is 6.92 Å². The van der Waals surface area contributed by atoms with Gasteiger partial charge in [-0.05, 0) is 65.4 Å². The first kappa shape index (κ1) is 24.2. The summed E-state index contributed by atoms with van der Waals surface area (Å²) in [5, 5.41) is 2.39. The largest absolute Gasteiger partial charge is 0.493 e. The van der Waals surface area contributed by atoms with Crippen LogP contribution in [0.25, 0.3) is 0 Å². The molecule has 31 heavy (non-hydrogen) atoms. The van der Waals surface area contributed by atoms with Crippen molar-refractivity contribution in [3.63, 3.8) is 0 Å². The monoisotopic (exact) mass is 511 g/mol. The molecular formula is C20H22BrN3O6S. The van der Waals surface area contributed by atoms with Crippen molar-refractivity contribution in [3.8, 4) is 23.0 Å². The fourth-order valence-electron chi connectivity index (χ4n) is 2.52. The van der Waals surface area contributed by atoms with Crippen molar-refractivity contribution in [2.75, 3.05) is 27.9 Å². The number of hydrogen-bond acceptors (Lipinski definition) is 7. The zero-order chi connectivity index (χ0) is 23.0. The molecule has 0 radical (unpaired) electrons. The quantitative estimate of drug-likeness (QED) is 0.384. The van der Waals surface area contributed by atoms with Gasteiger partial charge in [0.25, 0.3) is 11.8 Å². The molecule has 3 N–H and O–H groups in total. The van der Waals surface area contributed by atoms with Crippen LogP contribution in [0.15, 0.2) is 34.8 Å². The molecule has 2 amide bonds. The molecule has 2 aromatic carbocycles. The van der Waals surface area contributed by atoms with E-state index in [1.54, 1.807) is 18.2 Å². The van der Waals surface area contributed by atoms with Crippen molar-refractivity contribution in [3.05, 3.63) is 45.9 Å². The Hall–Kier alpha value is -3.05. The van der Waals surface area contributed by atoms with Crippen molar-refractivity contribution in [1.82, 2.24) is 16.2 Å². The standard InChI is InChI=1S/C20H22BrN3O6S/c1-5-30-14-7-6-11(8-13(14)21)18(25)22-20(31)24-23-19(26)12-9-15(27-2)17(29-4)16(10-12)28-3/h6-10H,5H2,1-4H3,(H,23,26)(H2,22,24,25,31). The van der Waals surface area contributed by atoms with Crippen LogP contribution in [0.2, 0.25) is 0 Å². The molecule has 0 aliphatic heterocycles. The second-order valence-electron chi connectivity index (χ2n) is 5.85. The fourth-order valence-corrected chi connectivity index (χ4v) is 3.16. The van der Waals surface area contributed by atoms with Crippen molar-refractivity contribution in [2.24, 2.45) is 0 Å². The average Bonchev–Trinajstić information content (AvgIpc) is 2.77. The summed E-state index contributed by atoms with van der Waals surface area (Å²) in [4.78, 5) is 24.8. The van der Waals surface area contributed by atoms with E-state index in [4.69, 9.17) is 31.2 Å². The van der Waals surface area contributed by atoms with Crippen LogP contribution >= 0.6 is 28.1 Å². The summed E-state index contributed by atoms with van der Waals surface area (Å²) in [6, 6.07) is 7.85. The minimum absolute atomic E-state index is 0.0872. The number of carbonyl (C=O) groups is 2. The average molecular weight is 512 g/mol. The fraction of sp³-hybridized carbons (Fsp3) is 0.250. The molecule has 0 aromatic heterocycles. The summed E-state index contributed by atoms with van der Waals surface area (Å²) in [6.07, 6.45) is 0. The highest BCUT2D eigenvalue weighted by molar-refractivity contribution is 9.10. The van der Waals surface area contributed by atoms with E-state index in [9.17, 15) is 9.59 Å². The third-order valence-corrected chi connectivity index (χ3v) is 4.76. The molecule has 0 unspecified atom stereocenters. The van der Waals surface area contributed by atoms with Crippen molar-refractivity contribution in [2.45, 2.75) is 6.92 Å². The highest BCUT2D eigenvalue weighted by atomic mass is 79.9. The Morgan fingerprint density at radius 2 is 1.55 bits per heavy atom. The molecule has 0 saturated carbocycles. The minimum atomic E-state index is -0.528. The van der Waals surface area contributed by atoms with E-state index < -0.39 is 11.8 Å². The lowest BCUT2D eigenvalue weighted by molar-refractivity contribution is 0.0934. The Balaban J connectivity index is 2.00. The second kappa shape index (κ2) is 11.4. The number of methoxy groups -OCH3 is 3. The number of benzene rings is 2. The van der Waals surface area contributed by atoms with E-state index in [0.717, 1.165) is 0 Å². The van der Waals surface area contributed by atoms with Gasteiger partial charge >= 0.3 is 0 Å². The van der Waals surface area contributed by atoms with Gasteiger partial charge in [-0.25, -0.2) is 0 Å². The first-order valence-electron chi connectivity index (χ1n) is 8.98. The molecule has 0 saturated heterocycles. The van der Waals surface area contributed by atoms with Gasteiger partial charge in [0.1, 0.15) is 5.75 Å². The van der Waals surface area contributed by atoms with E-state index in [-0.39, 0.29) is 10.7 Å². The number of nitrogens with one attached hydrogen (secondary N) is 3. The molecule has 0 spiro atoms. The molecular weight excluding hydrogens is 490 g/mol. The van der Waals surface area contributed by atoms with E-state index >= 15 is 0 Å². The van der Waals surface area contributed by atoms with Gasteiger partial charge < -0.3 is 18.9 Å². The Labute approximate surface area is 193 Å². The van der Waals surface area contributed by atoms with Gasteiger partial charge in [-0.15, -0.1) is 0 Å². The van der Waals surface area contributed by atoms with Gasteiger partial charge in [-0.2, -0.15) is 0 Å². The summed E-state index contributed by atoms with van der Waals surface area (Å²) in [5.74, 6) is 0.645. The van der Waals surface area contributed by atoms with Gasteiger partial charge in [0, 0.05) is 11.1 Å². The predicted octanol–water partition coefficient (Wildman–Crippen LogP) is 2.82. The minimum Gasteiger partial charge on any atom is -0.493 e. The van der Waals surface area contributed by atoms with Gasteiger partial charge in [-0.3, -0.25) is 25.8 Å². The Morgan fingerprint density at radius 1 is 0.903 bits per heavy atom. The molecule has 0 fully saturated rings. The maximum Gasteiger partial charge on any atom is 0.269 e. The second-order valence-corrected chi connectivity index (χ2v) is 7.12. The van der Waals surface area contributed by atoms with Gasteiger partial charge in [0.05, 0.1) is 32.4 Å². The molecule has 0 heterocycles. The number of thiocarbonyl (C=S) groups is 1. The van der Waals surface area contributed by atoms with E-state index in [2.05, 4.69) is 32.1 Å². The number of amides is 2. The topological polar surface area (TPSA) is 107 Å². The van der Waals surface area contributed by atoms with Crippen LogP contribution in [0, 0.1) is 0 Å². The molecule has 0 aliphatic rings. The normalized spacial score (nSPS) is 9.97. The highest BCUT2D eigenvalue weighted by Crippen LogP contribution is 2.38. The summed E-state index contributed by atoms with van der Waals surface area (Å²) in [5.41, 5.74) is 5.47. The number of ether oxygens (including phenoxy) is 4. The third-order valence-electron chi connectivity index (χ3n) is 3.94. The summed E-state index contributed by atoms with van der Waals surface area (Å²) in [6.45, 7) is 2.37. The van der Waals surface area contributed by atoms with Crippen molar-refractivity contribution >= 4 is 45.1 Å². The summed E-state index contributed by atoms with van der Waals surface area (Å²) >= 11 is 8.42. The molecule has 2 rings (SSSR count). The number of halogens is 1. The van der Waals surface area contributed by atoms with Crippen molar-refractivity contribution < 1.29 is 28.5 Å². The maximum atomic E-state index is 12.5. The van der Waals surface area contributed by atoms with Crippen LogP contribution in [0.3, 0.4) is 0 Å². The van der Waals surface area contributed by atoms with Crippen LogP contribution < -0.4 is 35.1 Å². The van der Waals surface area contributed by atoms with Crippen molar-refractivity contribution in [1.29, 1.82) is 0 Å². The molecule has 166 valence electrons. The lowest BCUT2D eigenvalue weighted by atomic mass is 10.1. The zero-order valence-electron chi connectivity index (χ0n) is 17.3. The van der Waals surface area contributed by atoms with E-state index in [0.29, 0.717) is 39.6 Å². The zero-order valence-corrected chi connectivity index (χ0v) is 19.7. The Kier molecular flexibility index (Phi) is 8.88. The lowest BCUT2D eigenvalue weighted by Crippen LogP contribution is -2.48. The van der Waals surface area contributed by atoms with Gasteiger partial charge in [-0.1, -0.05) is 0 Å². The van der Waals surface area contributed by atoms with Gasteiger partial charge in [0.15, 0.2) is 16.6 Å². The highest BCUT2D eigenvalue weighted by Gasteiger charge is 2.17. The predicted molar refractivity (Wildman–Crippen MR) is 122 cm³/mol. The number of hydrogen-bond donors (Lipinski definition) is 3. The number of hydrazine groups is 1. The molecule has 0 atom stereocenters. The summed E-state index contributed by atoms with van der Waals surface area (Å²) in [7, 11) is 4.36. The van der Waals surface area contributed by atoms with Crippen LogP contribution in [0.5, 0.6) is 23.0 Å². The molecule has 0 bridgehead atoms. The van der Waals surface area contributed by atoms with Crippen LogP contribution in [0.4, 0.5) is 0 Å². The molecule has 2 aromatic rings. The number of carbonyl (C=O) groups excluding carboxylic acids is 2. The lowest BCUT2D eigenvalue weighted by Gasteiger charge is -2.15. The third kappa shape index (κ3) is 6.22. The molecule has 11 heteroatoms. The Morgan fingerprint density at radius 3 is 2.06 bits per heavy atom. The SMILES string of the molecule is CCOc1ccc(C(=O)NC(=S)NNC(=O)c2cc(OC)c(OC)c(OC)c2)cc1Br. The maximum absolute atomic E-state index is 12.5. The van der Waals surface area contributed by atoms with Gasteiger partial charge in [0.2, 0.25) is 5.75 Å². The number of rotatable bonds is 7. The molecule has 9 nitrogen and oxygen atoms in total. The van der Waals surface area contributed by atoms with Crippen LogP contribution in [-0.4, -0.2) is 44.9 Å². The first-order chi connectivity index (χ1) is 14.8. The first-order valence-corrected chi connectivity index (χ1v) is 10.2. The van der Waals surface area contributed by atoms with Crippen LogP contribution in [-0.2, 0) is 0 Å². The Bertz CT molecular complexity index is 960.